The molecule has 0 aliphatic heterocycles. The standard InChI is InChI=1S/C19H16ClF2N3O/c20-15-5-1-14(2-6-15)12-25-18(9-10-23-25)24-19(26)8-4-13-3-7-16(21)17(22)11-13/h1-3,5-7,9-11H,4,8,12H2,(H,24,26). The number of halogens is 3. The topological polar surface area (TPSA) is 46.9 Å². The van der Waals surface area contributed by atoms with Crippen molar-refractivity contribution in [2.24, 2.45) is 0 Å². The van der Waals surface area contributed by atoms with Gasteiger partial charge in [-0.2, -0.15) is 5.10 Å². The molecule has 0 bridgehead atoms. The number of nitrogens with zero attached hydrogens (tertiary/aromatic N) is 2. The number of nitrogens with one attached hydrogen (secondary N) is 1. The van der Waals surface area contributed by atoms with Gasteiger partial charge in [-0.15, -0.1) is 0 Å². The molecule has 134 valence electrons. The van der Waals surface area contributed by atoms with E-state index in [1.165, 1.54) is 6.07 Å². The third-order valence-corrected chi connectivity index (χ3v) is 4.11. The van der Waals surface area contributed by atoms with Gasteiger partial charge in [0.15, 0.2) is 11.6 Å². The third-order valence-electron chi connectivity index (χ3n) is 3.85. The predicted molar refractivity (Wildman–Crippen MR) is 96.1 cm³/mol. The van der Waals surface area contributed by atoms with E-state index < -0.39 is 11.6 Å². The van der Waals surface area contributed by atoms with E-state index in [9.17, 15) is 13.6 Å². The van der Waals surface area contributed by atoms with Crippen LogP contribution < -0.4 is 5.32 Å². The Hall–Kier alpha value is -2.73. The number of carbonyl (C=O) groups is 1. The summed E-state index contributed by atoms with van der Waals surface area (Å²) in [6.45, 7) is 0.489. The lowest BCUT2D eigenvalue weighted by Crippen LogP contribution is -2.16. The van der Waals surface area contributed by atoms with Crippen LogP contribution in [0.25, 0.3) is 0 Å². The molecule has 2 aromatic carbocycles. The number of benzene rings is 2. The first-order valence-corrected chi connectivity index (χ1v) is 8.39. The van der Waals surface area contributed by atoms with E-state index in [2.05, 4.69) is 10.4 Å². The lowest BCUT2D eigenvalue weighted by molar-refractivity contribution is -0.116. The van der Waals surface area contributed by atoms with Crippen LogP contribution in [0.4, 0.5) is 14.6 Å². The van der Waals surface area contributed by atoms with Crippen LogP contribution in [0.2, 0.25) is 5.02 Å². The fraction of sp³-hybridized carbons (Fsp3) is 0.158. The summed E-state index contributed by atoms with van der Waals surface area (Å²) >= 11 is 5.87. The lowest BCUT2D eigenvalue weighted by atomic mass is 10.1. The molecule has 0 spiro atoms. The van der Waals surface area contributed by atoms with Gasteiger partial charge in [-0.1, -0.05) is 29.8 Å². The molecule has 0 saturated heterocycles. The predicted octanol–water partition coefficient (Wildman–Crippen LogP) is 4.43. The Kier molecular flexibility index (Phi) is 5.63. The van der Waals surface area contributed by atoms with Gasteiger partial charge in [0.1, 0.15) is 5.82 Å². The molecular weight excluding hydrogens is 360 g/mol. The Morgan fingerprint density at radius 1 is 1.04 bits per heavy atom. The molecule has 7 heteroatoms. The van der Waals surface area contributed by atoms with Gasteiger partial charge in [0.2, 0.25) is 5.91 Å². The van der Waals surface area contributed by atoms with E-state index >= 15 is 0 Å². The zero-order valence-corrected chi connectivity index (χ0v) is 14.5. The lowest BCUT2D eigenvalue weighted by Gasteiger charge is -2.09. The first-order valence-electron chi connectivity index (χ1n) is 8.01. The molecule has 1 N–H and O–H groups in total. The highest BCUT2D eigenvalue weighted by atomic mass is 35.5. The molecule has 0 atom stereocenters. The van der Waals surface area contributed by atoms with Gasteiger partial charge >= 0.3 is 0 Å². The van der Waals surface area contributed by atoms with Crippen molar-refractivity contribution in [1.82, 2.24) is 9.78 Å². The van der Waals surface area contributed by atoms with E-state index in [0.717, 1.165) is 17.7 Å². The molecule has 1 aromatic heterocycles. The van der Waals surface area contributed by atoms with Crippen molar-refractivity contribution < 1.29 is 13.6 Å². The molecule has 1 amide bonds. The van der Waals surface area contributed by atoms with E-state index in [-0.39, 0.29) is 12.3 Å². The highest BCUT2D eigenvalue weighted by Crippen LogP contribution is 2.15. The van der Waals surface area contributed by atoms with Crippen LogP contribution in [0, 0.1) is 11.6 Å². The molecule has 3 aromatic rings. The quantitative estimate of drug-likeness (QED) is 0.692. The Morgan fingerprint density at radius 3 is 2.50 bits per heavy atom. The van der Waals surface area contributed by atoms with E-state index in [1.54, 1.807) is 29.1 Å². The minimum absolute atomic E-state index is 0.150. The van der Waals surface area contributed by atoms with Gasteiger partial charge in [-0.3, -0.25) is 4.79 Å². The largest absolute Gasteiger partial charge is 0.311 e. The zero-order valence-electron chi connectivity index (χ0n) is 13.8. The Bertz CT molecular complexity index is 909. The van der Waals surface area contributed by atoms with Gasteiger partial charge < -0.3 is 5.32 Å². The van der Waals surface area contributed by atoms with Crippen LogP contribution in [0.15, 0.2) is 54.7 Å². The highest BCUT2D eigenvalue weighted by molar-refractivity contribution is 6.30. The summed E-state index contributed by atoms with van der Waals surface area (Å²) in [5.74, 6) is -1.48. The summed E-state index contributed by atoms with van der Waals surface area (Å²) in [7, 11) is 0. The summed E-state index contributed by atoms with van der Waals surface area (Å²) < 4.78 is 27.8. The van der Waals surface area contributed by atoms with Crippen molar-refractivity contribution in [3.8, 4) is 0 Å². The van der Waals surface area contributed by atoms with Gasteiger partial charge in [0.25, 0.3) is 0 Å². The number of hydrogen-bond acceptors (Lipinski definition) is 2. The Morgan fingerprint density at radius 2 is 1.77 bits per heavy atom. The molecular formula is C19H16ClF2N3O. The molecule has 0 radical (unpaired) electrons. The maximum atomic E-state index is 13.2. The second-order valence-electron chi connectivity index (χ2n) is 5.80. The minimum Gasteiger partial charge on any atom is -0.311 e. The maximum absolute atomic E-state index is 13.2. The SMILES string of the molecule is O=C(CCc1ccc(F)c(F)c1)Nc1ccnn1Cc1ccc(Cl)cc1. The van der Waals surface area contributed by atoms with Crippen LogP contribution in [0.1, 0.15) is 17.5 Å². The second kappa shape index (κ2) is 8.10. The van der Waals surface area contributed by atoms with Crippen molar-refractivity contribution in [1.29, 1.82) is 0 Å². The van der Waals surface area contributed by atoms with E-state index in [0.29, 0.717) is 29.4 Å². The molecule has 3 rings (SSSR count). The Balaban J connectivity index is 1.58. The molecule has 0 aliphatic carbocycles. The van der Waals surface area contributed by atoms with Crippen LogP contribution in [-0.4, -0.2) is 15.7 Å². The molecule has 4 nitrogen and oxygen atoms in total. The van der Waals surface area contributed by atoms with Crippen molar-refractivity contribution >= 4 is 23.3 Å². The first-order chi connectivity index (χ1) is 12.5. The summed E-state index contributed by atoms with van der Waals surface area (Å²) in [5, 5.41) is 7.64. The number of carbonyl (C=O) groups excluding carboxylic acids is 1. The number of anilines is 1. The second-order valence-corrected chi connectivity index (χ2v) is 6.23. The fourth-order valence-electron chi connectivity index (χ4n) is 2.49. The van der Waals surface area contributed by atoms with Crippen molar-refractivity contribution in [2.45, 2.75) is 19.4 Å². The van der Waals surface area contributed by atoms with Gasteiger partial charge in [-0.25, -0.2) is 13.5 Å². The van der Waals surface area contributed by atoms with Crippen LogP contribution >= 0.6 is 11.6 Å². The summed E-state index contributed by atoms with van der Waals surface area (Å²) in [4.78, 5) is 12.1. The van der Waals surface area contributed by atoms with Gasteiger partial charge in [-0.05, 0) is 41.8 Å². The minimum atomic E-state index is -0.913. The molecule has 0 aliphatic rings. The fourth-order valence-corrected chi connectivity index (χ4v) is 2.61. The normalized spacial score (nSPS) is 10.7. The first kappa shape index (κ1) is 18.1. The maximum Gasteiger partial charge on any atom is 0.225 e. The average Bonchev–Trinajstić information content (AvgIpc) is 3.05. The highest BCUT2D eigenvalue weighted by Gasteiger charge is 2.09. The zero-order chi connectivity index (χ0) is 18.5. The molecule has 26 heavy (non-hydrogen) atoms. The van der Waals surface area contributed by atoms with E-state index in [4.69, 9.17) is 11.6 Å². The van der Waals surface area contributed by atoms with Gasteiger partial charge in [0.05, 0.1) is 12.7 Å². The number of aromatic nitrogens is 2. The van der Waals surface area contributed by atoms with Crippen LogP contribution in [0.3, 0.4) is 0 Å². The Labute approximate surface area is 154 Å². The van der Waals surface area contributed by atoms with Gasteiger partial charge in [0, 0.05) is 17.5 Å². The number of aryl methyl sites for hydroxylation is 1. The molecule has 0 unspecified atom stereocenters. The number of hydrogen-bond donors (Lipinski definition) is 1. The summed E-state index contributed by atoms with van der Waals surface area (Å²) in [6, 6.07) is 12.7. The smallest absolute Gasteiger partial charge is 0.225 e. The molecule has 0 fully saturated rings. The van der Waals surface area contributed by atoms with Crippen LogP contribution in [0.5, 0.6) is 0 Å². The van der Waals surface area contributed by atoms with Crippen molar-refractivity contribution in [3.63, 3.8) is 0 Å². The molecule has 0 saturated carbocycles. The van der Waals surface area contributed by atoms with Crippen molar-refractivity contribution in [2.75, 3.05) is 5.32 Å². The number of rotatable bonds is 6. The summed E-state index contributed by atoms with van der Waals surface area (Å²) in [6.07, 6.45) is 2.06. The van der Waals surface area contributed by atoms with Crippen LogP contribution in [-0.2, 0) is 17.8 Å². The summed E-state index contributed by atoms with van der Waals surface area (Å²) in [5.41, 5.74) is 1.56. The third kappa shape index (κ3) is 4.67. The monoisotopic (exact) mass is 375 g/mol. The molecule has 1 heterocycles. The van der Waals surface area contributed by atoms with Crippen molar-refractivity contribution in [3.05, 3.63) is 82.5 Å². The average molecular weight is 376 g/mol. The van der Waals surface area contributed by atoms with E-state index in [1.807, 2.05) is 12.1 Å². The number of amides is 1.